The van der Waals surface area contributed by atoms with Crippen LogP contribution in [-0.2, 0) is 35.3 Å². The van der Waals surface area contributed by atoms with Gasteiger partial charge in [-0.1, -0.05) is 54.9 Å². The fourth-order valence-electron chi connectivity index (χ4n) is 6.84. The number of anilines is 2. The van der Waals surface area contributed by atoms with Crippen LogP contribution in [0.15, 0.2) is 65.5 Å². The molecule has 1 N–H and O–H groups in total. The SMILES string of the molecule is CCc1c(N2CCN(C(=O)c3nc(C)cc(F)c3OCc3ccccc3)CC2)c(=O)n2nc(C3=CCOCC3)nc2n1CC(=O)Nc1ccc(C(F)(F)F)cc1Cl. The first kappa shape index (κ1) is 39.4. The molecule has 5 heterocycles. The molecule has 2 aromatic carbocycles. The number of piperazine rings is 1. The van der Waals surface area contributed by atoms with Gasteiger partial charge < -0.3 is 29.2 Å². The number of fused-ring (bicyclic) bond motifs is 1. The molecule has 3 aromatic heterocycles. The van der Waals surface area contributed by atoms with Gasteiger partial charge in [0, 0.05) is 31.9 Å². The van der Waals surface area contributed by atoms with E-state index in [1.165, 1.54) is 11.0 Å². The summed E-state index contributed by atoms with van der Waals surface area (Å²) in [6, 6.07) is 12.9. The maximum atomic E-state index is 15.2. The third-order valence-corrected chi connectivity index (χ3v) is 9.96. The molecule has 13 nitrogen and oxygen atoms in total. The van der Waals surface area contributed by atoms with E-state index in [9.17, 15) is 27.6 Å². The summed E-state index contributed by atoms with van der Waals surface area (Å²) in [5.74, 6) is -1.77. The molecule has 0 radical (unpaired) electrons. The van der Waals surface area contributed by atoms with Crippen molar-refractivity contribution in [1.29, 1.82) is 0 Å². The van der Waals surface area contributed by atoms with E-state index in [2.05, 4.69) is 20.4 Å². The van der Waals surface area contributed by atoms with Gasteiger partial charge >= 0.3 is 6.18 Å². The van der Waals surface area contributed by atoms with Crippen LogP contribution in [0.3, 0.4) is 0 Å². The molecule has 0 spiro atoms. The third-order valence-electron chi connectivity index (χ3n) is 9.65. The van der Waals surface area contributed by atoms with Crippen molar-refractivity contribution in [1.82, 2.24) is 29.0 Å². The zero-order valence-electron chi connectivity index (χ0n) is 30.9. The summed E-state index contributed by atoms with van der Waals surface area (Å²) in [5, 5.41) is 6.83. The number of alkyl halides is 3. The van der Waals surface area contributed by atoms with E-state index in [1.807, 2.05) is 43.3 Å². The second-order valence-electron chi connectivity index (χ2n) is 13.5. The average Bonchev–Trinajstić information content (AvgIpc) is 3.65. The Bertz CT molecular complexity index is 2430. The molecule has 57 heavy (non-hydrogen) atoms. The number of carbonyl (C=O) groups is 2. The minimum Gasteiger partial charge on any atom is -0.483 e. The average molecular weight is 809 g/mol. The van der Waals surface area contributed by atoms with Gasteiger partial charge in [-0.15, -0.1) is 5.10 Å². The van der Waals surface area contributed by atoms with E-state index in [1.54, 1.807) is 16.4 Å². The molecule has 1 saturated heterocycles. The number of benzene rings is 2. The van der Waals surface area contributed by atoms with Crippen molar-refractivity contribution in [2.75, 3.05) is 49.6 Å². The summed E-state index contributed by atoms with van der Waals surface area (Å²) in [4.78, 5) is 54.2. The highest BCUT2D eigenvalue weighted by atomic mass is 35.5. The molecule has 0 aliphatic carbocycles. The van der Waals surface area contributed by atoms with Crippen LogP contribution in [0.5, 0.6) is 5.75 Å². The first-order chi connectivity index (χ1) is 27.3. The summed E-state index contributed by atoms with van der Waals surface area (Å²) in [5.41, 5.74) is 0.876. The van der Waals surface area contributed by atoms with E-state index >= 15 is 4.39 Å². The quantitative estimate of drug-likeness (QED) is 0.170. The summed E-state index contributed by atoms with van der Waals surface area (Å²) >= 11 is 6.14. The molecule has 0 unspecified atom stereocenters. The fourth-order valence-corrected chi connectivity index (χ4v) is 7.07. The van der Waals surface area contributed by atoms with Gasteiger partial charge in [-0.05, 0) is 55.2 Å². The number of hydrogen-bond acceptors (Lipinski definition) is 9. The first-order valence-corrected chi connectivity index (χ1v) is 18.5. The van der Waals surface area contributed by atoms with Gasteiger partial charge in [0.2, 0.25) is 11.7 Å². The minimum atomic E-state index is -4.63. The number of rotatable bonds is 10. The van der Waals surface area contributed by atoms with Crippen molar-refractivity contribution in [3.05, 3.63) is 116 Å². The Balaban J connectivity index is 1.18. The summed E-state index contributed by atoms with van der Waals surface area (Å²) in [6.45, 7) is 4.43. The Hall–Kier alpha value is -5.81. The molecule has 0 bridgehead atoms. The van der Waals surface area contributed by atoms with Crippen LogP contribution in [0, 0.1) is 12.7 Å². The number of hydrogen-bond donors (Lipinski definition) is 1. The van der Waals surface area contributed by atoms with Crippen LogP contribution in [0.1, 0.15) is 52.2 Å². The maximum Gasteiger partial charge on any atom is 0.416 e. The molecule has 5 aromatic rings. The Morgan fingerprint density at radius 1 is 1.04 bits per heavy atom. The van der Waals surface area contributed by atoms with E-state index in [0.717, 1.165) is 33.9 Å². The second-order valence-corrected chi connectivity index (χ2v) is 13.9. The Morgan fingerprint density at radius 3 is 2.46 bits per heavy atom. The first-order valence-electron chi connectivity index (χ1n) is 18.2. The molecule has 7 rings (SSSR count). The lowest BCUT2D eigenvalue weighted by Crippen LogP contribution is -2.51. The van der Waals surface area contributed by atoms with Gasteiger partial charge in [-0.2, -0.15) is 22.7 Å². The minimum absolute atomic E-state index is 0.0234. The Kier molecular flexibility index (Phi) is 11.3. The van der Waals surface area contributed by atoms with Crippen molar-refractivity contribution in [3.8, 4) is 5.75 Å². The zero-order chi connectivity index (χ0) is 40.4. The largest absolute Gasteiger partial charge is 0.483 e. The Morgan fingerprint density at radius 2 is 1.79 bits per heavy atom. The van der Waals surface area contributed by atoms with Crippen LogP contribution in [-0.4, -0.2) is 80.3 Å². The topological polar surface area (TPSA) is 136 Å². The number of halogens is 5. The second kappa shape index (κ2) is 16.3. The molecule has 2 aliphatic heterocycles. The third kappa shape index (κ3) is 8.34. The number of aryl methyl sites for hydroxylation is 1. The van der Waals surface area contributed by atoms with E-state index < -0.39 is 41.5 Å². The molecular weight excluding hydrogens is 772 g/mol. The highest BCUT2D eigenvalue weighted by Crippen LogP contribution is 2.34. The van der Waals surface area contributed by atoms with Crippen molar-refractivity contribution < 1.29 is 36.6 Å². The monoisotopic (exact) mass is 808 g/mol. The highest BCUT2D eigenvalue weighted by molar-refractivity contribution is 6.33. The number of aromatic nitrogens is 5. The number of amides is 2. The standard InChI is InChI=1S/C39H37ClF4N8O5/c1-3-30-33(49-13-15-50(16-14-49)36(54)32-34(28(41)19-23(2)45-32)57-22-24-7-5-4-6-8-24)37(55)52-38(47-35(48-52)25-11-17-56-18-12-25)51(30)21-31(53)46-29-10-9-26(20-27(29)40)39(42,43)44/h4-11,19-20H,3,12-18,21-22H2,1-2H3,(H,46,53). The van der Waals surface area contributed by atoms with Gasteiger partial charge in [-0.3, -0.25) is 14.4 Å². The molecule has 0 atom stereocenters. The lowest BCUT2D eigenvalue weighted by molar-refractivity contribution is -0.137. The maximum absolute atomic E-state index is 15.2. The predicted octanol–water partition coefficient (Wildman–Crippen LogP) is 5.95. The van der Waals surface area contributed by atoms with Crippen LogP contribution < -0.4 is 20.5 Å². The molecule has 2 aliphatic rings. The molecule has 18 heteroatoms. The summed E-state index contributed by atoms with van der Waals surface area (Å²) in [7, 11) is 0. The van der Waals surface area contributed by atoms with Gasteiger partial charge in [0.05, 0.1) is 35.2 Å². The number of ether oxygens (including phenoxy) is 2. The smallest absolute Gasteiger partial charge is 0.416 e. The molecular formula is C39H37ClF4N8O5. The number of nitrogens with zero attached hydrogens (tertiary/aromatic N) is 7. The van der Waals surface area contributed by atoms with Crippen molar-refractivity contribution in [2.45, 2.75) is 46.0 Å². The van der Waals surface area contributed by atoms with Gasteiger partial charge in [0.15, 0.2) is 23.1 Å². The molecule has 2 amide bonds. The summed E-state index contributed by atoms with van der Waals surface area (Å²) in [6.07, 6.45) is -2.04. The molecule has 0 saturated carbocycles. The lowest BCUT2D eigenvalue weighted by atomic mass is 10.1. The van der Waals surface area contributed by atoms with Gasteiger partial charge in [0.25, 0.3) is 11.5 Å². The van der Waals surface area contributed by atoms with Crippen LogP contribution in [0.25, 0.3) is 11.4 Å². The van der Waals surface area contributed by atoms with E-state index in [4.69, 9.17) is 21.1 Å². The Labute approximate surface area is 328 Å². The van der Waals surface area contributed by atoms with Crippen LogP contribution in [0.2, 0.25) is 5.02 Å². The van der Waals surface area contributed by atoms with Gasteiger partial charge in [0.1, 0.15) is 18.8 Å². The molecule has 1 fully saturated rings. The van der Waals surface area contributed by atoms with E-state index in [-0.39, 0.29) is 78.6 Å². The van der Waals surface area contributed by atoms with Crippen molar-refractivity contribution in [3.63, 3.8) is 0 Å². The van der Waals surface area contributed by atoms with Crippen molar-refractivity contribution >= 4 is 46.1 Å². The van der Waals surface area contributed by atoms with Crippen LogP contribution in [0.4, 0.5) is 28.9 Å². The van der Waals surface area contributed by atoms with E-state index in [0.29, 0.717) is 31.0 Å². The normalized spacial score (nSPS) is 14.8. The molecule has 298 valence electrons. The highest BCUT2D eigenvalue weighted by Gasteiger charge is 2.33. The number of pyridine rings is 1. The fraction of sp³-hybridized carbons (Fsp3) is 0.333. The number of nitrogens with one attached hydrogen (secondary N) is 1. The number of carbonyl (C=O) groups excluding carboxylic acids is 2. The lowest BCUT2D eigenvalue weighted by Gasteiger charge is -2.36. The zero-order valence-corrected chi connectivity index (χ0v) is 31.7. The summed E-state index contributed by atoms with van der Waals surface area (Å²) < 4.78 is 68.9. The van der Waals surface area contributed by atoms with Crippen molar-refractivity contribution in [2.24, 2.45) is 0 Å². The van der Waals surface area contributed by atoms with Crippen LogP contribution >= 0.6 is 11.6 Å². The predicted molar refractivity (Wildman–Crippen MR) is 203 cm³/mol. The van der Waals surface area contributed by atoms with Gasteiger partial charge in [-0.25, -0.2) is 9.37 Å².